The highest BCUT2D eigenvalue weighted by molar-refractivity contribution is 5.05. The van der Waals surface area contributed by atoms with Gasteiger partial charge >= 0.3 is 0 Å². The second-order valence-corrected chi connectivity index (χ2v) is 3.14. The van der Waals surface area contributed by atoms with Crippen molar-refractivity contribution in [1.29, 1.82) is 0 Å². The van der Waals surface area contributed by atoms with E-state index in [4.69, 9.17) is 4.84 Å². The standard InChI is InChI=1S/C8H16N2O/c1-6(2)10-7(3)8(4)11-9(10)5/h6H,1-5H3. The fourth-order valence-corrected chi connectivity index (χ4v) is 1.39. The molecule has 0 spiro atoms. The molecule has 3 nitrogen and oxygen atoms in total. The lowest BCUT2D eigenvalue weighted by Crippen LogP contribution is -2.37. The topological polar surface area (TPSA) is 15.7 Å². The van der Waals surface area contributed by atoms with Crippen LogP contribution in [0.3, 0.4) is 0 Å². The number of hydrogen-bond donors (Lipinski definition) is 0. The summed E-state index contributed by atoms with van der Waals surface area (Å²) in [5.74, 6) is 0.987. The van der Waals surface area contributed by atoms with Gasteiger partial charge in [-0.1, -0.05) is 5.17 Å². The maximum atomic E-state index is 5.39. The summed E-state index contributed by atoms with van der Waals surface area (Å²) in [4.78, 5) is 5.39. The van der Waals surface area contributed by atoms with Crippen LogP contribution in [0.4, 0.5) is 0 Å². The number of nitrogens with zero attached hydrogens (tertiary/aromatic N) is 2. The van der Waals surface area contributed by atoms with E-state index < -0.39 is 0 Å². The molecule has 1 aliphatic rings. The molecule has 11 heavy (non-hydrogen) atoms. The van der Waals surface area contributed by atoms with E-state index in [9.17, 15) is 0 Å². The minimum absolute atomic E-state index is 0.456. The largest absolute Gasteiger partial charge is 0.389 e. The van der Waals surface area contributed by atoms with Gasteiger partial charge < -0.3 is 4.84 Å². The van der Waals surface area contributed by atoms with Crippen LogP contribution in [0, 0.1) is 0 Å². The van der Waals surface area contributed by atoms with Crippen LogP contribution in [0.25, 0.3) is 0 Å². The molecule has 0 fully saturated rings. The molecule has 1 rings (SSSR count). The summed E-state index contributed by atoms with van der Waals surface area (Å²) in [6.07, 6.45) is 0. The molecule has 0 N–H and O–H groups in total. The molecule has 0 atom stereocenters. The molecule has 0 saturated carbocycles. The molecule has 0 amide bonds. The van der Waals surface area contributed by atoms with Gasteiger partial charge in [-0.15, -0.1) is 0 Å². The van der Waals surface area contributed by atoms with Gasteiger partial charge in [0.1, 0.15) is 5.76 Å². The van der Waals surface area contributed by atoms with Crippen LogP contribution in [0.2, 0.25) is 0 Å². The van der Waals surface area contributed by atoms with Gasteiger partial charge in [0.25, 0.3) is 0 Å². The molecule has 1 heterocycles. The zero-order valence-corrected chi connectivity index (χ0v) is 7.88. The van der Waals surface area contributed by atoms with Crippen LogP contribution in [0.1, 0.15) is 27.7 Å². The quantitative estimate of drug-likeness (QED) is 0.575. The van der Waals surface area contributed by atoms with E-state index in [0.717, 1.165) is 5.76 Å². The van der Waals surface area contributed by atoms with E-state index in [-0.39, 0.29) is 0 Å². The first-order chi connectivity index (χ1) is 5.04. The van der Waals surface area contributed by atoms with E-state index in [2.05, 4.69) is 25.8 Å². The molecule has 0 aromatic rings. The molecule has 1 aliphatic heterocycles. The van der Waals surface area contributed by atoms with Gasteiger partial charge in [0.05, 0.1) is 5.70 Å². The van der Waals surface area contributed by atoms with Gasteiger partial charge in [-0.05, 0) is 27.7 Å². The fourth-order valence-electron chi connectivity index (χ4n) is 1.39. The molecule has 0 bridgehead atoms. The Bertz CT molecular complexity index is 187. The molecule has 0 aromatic carbocycles. The second kappa shape index (κ2) is 2.74. The lowest BCUT2D eigenvalue weighted by molar-refractivity contribution is -0.204. The van der Waals surface area contributed by atoms with E-state index in [1.54, 1.807) is 5.17 Å². The van der Waals surface area contributed by atoms with Gasteiger partial charge in [-0.2, -0.15) is 0 Å². The third-order valence-electron chi connectivity index (χ3n) is 1.91. The van der Waals surface area contributed by atoms with E-state index in [1.807, 2.05) is 14.0 Å². The Balaban J connectivity index is 2.79. The maximum absolute atomic E-state index is 5.39. The highest BCUT2D eigenvalue weighted by atomic mass is 16.7. The molecular formula is C8H16N2O. The summed E-state index contributed by atoms with van der Waals surface area (Å²) >= 11 is 0. The number of hydrazine groups is 1. The Morgan fingerprint density at radius 1 is 1.27 bits per heavy atom. The predicted octanol–water partition coefficient (Wildman–Crippen LogP) is 1.74. The monoisotopic (exact) mass is 156 g/mol. The van der Waals surface area contributed by atoms with Crippen molar-refractivity contribution in [2.75, 3.05) is 7.05 Å². The van der Waals surface area contributed by atoms with Crippen LogP contribution in [0.15, 0.2) is 11.5 Å². The minimum atomic E-state index is 0.456. The molecule has 0 saturated heterocycles. The molecule has 0 aromatic heterocycles. The van der Waals surface area contributed by atoms with Crippen LogP contribution in [0.5, 0.6) is 0 Å². The Morgan fingerprint density at radius 2 is 1.82 bits per heavy atom. The van der Waals surface area contributed by atoms with Crippen molar-refractivity contribution in [2.45, 2.75) is 33.7 Å². The zero-order chi connectivity index (χ0) is 8.59. The average molecular weight is 156 g/mol. The van der Waals surface area contributed by atoms with E-state index in [1.165, 1.54) is 5.70 Å². The van der Waals surface area contributed by atoms with Crippen molar-refractivity contribution in [3.05, 3.63) is 11.5 Å². The van der Waals surface area contributed by atoms with Gasteiger partial charge in [0.2, 0.25) is 0 Å². The SMILES string of the molecule is CC1=C(C)N(C(C)C)N(C)O1. The first-order valence-corrected chi connectivity index (χ1v) is 3.92. The first-order valence-electron chi connectivity index (χ1n) is 3.92. The molecule has 0 unspecified atom stereocenters. The Kier molecular flexibility index (Phi) is 2.09. The minimum Gasteiger partial charge on any atom is -0.389 e. The normalized spacial score (nSPS) is 20.0. The molecule has 0 aliphatic carbocycles. The third-order valence-corrected chi connectivity index (χ3v) is 1.91. The number of rotatable bonds is 1. The number of hydroxylamine groups is 1. The summed E-state index contributed by atoms with van der Waals surface area (Å²) < 4.78 is 0. The summed E-state index contributed by atoms with van der Waals surface area (Å²) in [7, 11) is 1.92. The summed E-state index contributed by atoms with van der Waals surface area (Å²) in [6.45, 7) is 8.33. The van der Waals surface area contributed by atoms with Gasteiger partial charge in [0.15, 0.2) is 0 Å². The van der Waals surface area contributed by atoms with Crippen molar-refractivity contribution in [2.24, 2.45) is 0 Å². The van der Waals surface area contributed by atoms with Gasteiger partial charge in [0, 0.05) is 13.1 Å². The fraction of sp³-hybridized carbons (Fsp3) is 0.750. The van der Waals surface area contributed by atoms with Crippen molar-refractivity contribution < 1.29 is 4.84 Å². The van der Waals surface area contributed by atoms with E-state index in [0.29, 0.717) is 6.04 Å². The Hall–Kier alpha value is -0.700. The van der Waals surface area contributed by atoms with Gasteiger partial charge in [-0.3, -0.25) is 5.01 Å². The molecule has 3 heteroatoms. The second-order valence-electron chi connectivity index (χ2n) is 3.14. The molecule has 64 valence electrons. The highest BCUT2D eigenvalue weighted by Gasteiger charge is 2.25. The lowest BCUT2D eigenvalue weighted by atomic mass is 10.3. The zero-order valence-electron chi connectivity index (χ0n) is 7.88. The predicted molar refractivity (Wildman–Crippen MR) is 44.2 cm³/mol. The van der Waals surface area contributed by atoms with Crippen molar-refractivity contribution >= 4 is 0 Å². The van der Waals surface area contributed by atoms with Crippen LogP contribution >= 0.6 is 0 Å². The number of hydrogen-bond acceptors (Lipinski definition) is 3. The van der Waals surface area contributed by atoms with Crippen LogP contribution < -0.4 is 0 Å². The van der Waals surface area contributed by atoms with Crippen molar-refractivity contribution in [3.63, 3.8) is 0 Å². The van der Waals surface area contributed by atoms with E-state index >= 15 is 0 Å². The smallest absolute Gasteiger partial charge is 0.144 e. The van der Waals surface area contributed by atoms with Crippen molar-refractivity contribution in [1.82, 2.24) is 10.2 Å². The summed E-state index contributed by atoms with van der Waals surface area (Å²) in [5, 5.41) is 3.89. The number of allylic oxidation sites excluding steroid dienone is 2. The van der Waals surface area contributed by atoms with Gasteiger partial charge in [-0.25, -0.2) is 0 Å². The highest BCUT2D eigenvalue weighted by Crippen LogP contribution is 2.24. The summed E-state index contributed by atoms with van der Waals surface area (Å²) in [5.41, 5.74) is 1.20. The van der Waals surface area contributed by atoms with Crippen LogP contribution in [-0.4, -0.2) is 23.3 Å². The third kappa shape index (κ3) is 1.33. The Labute approximate surface area is 68.2 Å². The molecular weight excluding hydrogens is 140 g/mol. The average Bonchev–Trinajstić information content (AvgIpc) is 2.07. The first kappa shape index (κ1) is 8.40. The maximum Gasteiger partial charge on any atom is 0.144 e. The van der Waals surface area contributed by atoms with Crippen molar-refractivity contribution in [3.8, 4) is 0 Å². The van der Waals surface area contributed by atoms with Crippen LogP contribution in [-0.2, 0) is 4.84 Å². The Morgan fingerprint density at radius 3 is 2.00 bits per heavy atom. The summed E-state index contributed by atoms with van der Waals surface area (Å²) in [6, 6.07) is 0.456. The molecule has 0 radical (unpaired) electrons. The lowest BCUT2D eigenvalue weighted by Gasteiger charge is -2.28.